The van der Waals surface area contributed by atoms with Crippen molar-refractivity contribution in [1.82, 2.24) is 4.57 Å². The third-order valence-electron chi connectivity index (χ3n) is 6.19. The molecule has 1 aromatic heterocycles. The van der Waals surface area contributed by atoms with E-state index in [4.69, 9.17) is 0 Å². The third-order valence-corrected chi connectivity index (χ3v) is 6.19. The number of benzene rings is 4. The molecule has 0 aliphatic carbocycles. The minimum Gasteiger partial charge on any atom is -0.396 e. The average molecular weight is 436 g/mol. The van der Waals surface area contributed by atoms with E-state index in [1.807, 2.05) is 73.7 Å². The van der Waals surface area contributed by atoms with Gasteiger partial charge < -0.3 is 9.67 Å². The molecule has 0 saturated heterocycles. The van der Waals surface area contributed by atoms with Crippen molar-refractivity contribution in [2.24, 2.45) is 0 Å². The SMILES string of the molecule is Cc1ccc2c(c1)c(F)c(-c1ccccc1-c1ccccc1)n2Cc1ccc(CCO)cc1. The number of rotatable bonds is 6. The number of hydrogen-bond donors (Lipinski definition) is 1. The molecule has 3 heteroatoms. The van der Waals surface area contributed by atoms with E-state index in [1.54, 1.807) is 0 Å². The zero-order valence-electron chi connectivity index (χ0n) is 18.6. The number of nitrogens with zero attached hydrogens (tertiary/aromatic N) is 1. The predicted molar refractivity (Wildman–Crippen MR) is 134 cm³/mol. The molecule has 164 valence electrons. The summed E-state index contributed by atoms with van der Waals surface area (Å²) in [5.41, 5.74) is 7.67. The topological polar surface area (TPSA) is 25.2 Å². The second-order valence-electron chi connectivity index (χ2n) is 8.47. The van der Waals surface area contributed by atoms with Gasteiger partial charge in [-0.2, -0.15) is 0 Å². The van der Waals surface area contributed by atoms with Crippen molar-refractivity contribution in [3.63, 3.8) is 0 Å². The Kier molecular flexibility index (Phi) is 5.80. The lowest BCUT2D eigenvalue weighted by Crippen LogP contribution is -2.03. The molecule has 1 heterocycles. The molecule has 0 unspecified atom stereocenters. The number of aryl methyl sites for hydroxylation is 1. The summed E-state index contributed by atoms with van der Waals surface area (Å²) in [7, 11) is 0. The maximum absolute atomic E-state index is 16.1. The first-order chi connectivity index (χ1) is 16.2. The number of halogens is 1. The Bertz CT molecular complexity index is 1400. The molecule has 1 N–H and O–H groups in total. The van der Waals surface area contributed by atoms with Crippen molar-refractivity contribution in [1.29, 1.82) is 0 Å². The maximum Gasteiger partial charge on any atom is 0.156 e. The Labute approximate surface area is 193 Å². The van der Waals surface area contributed by atoms with Crippen LogP contribution in [0.5, 0.6) is 0 Å². The Morgan fingerprint density at radius 1 is 0.758 bits per heavy atom. The van der Waals surface area contributed by atoms with Gasteiger partial charge in [0.25, 0.3) is 0 Å². The van der Waals surface area contributed by atoms with Crippen LogP contribution in [0, 0.1) is 12.7 Å². The average Bonchev–Trinajstić information content (AvgIpc) is 3.11. The molecule has 4 aromatic carbocycles. The number of fused-ring (bicyclic) bond motifs is 1. The lowest BCUT2D eigenvalue weighted by molar-refractivity contribution is 0.299. The minimum atomic E-state index is -0.186. The number of hydrogen-bond acceptors (Lipinski definition) is 1. The van der Waals surface area contributed by atoms with Crippen LogP contribution in [0.15, 0.2) is 97.1 Å². The highest BCUT2D eigenvalue weighted by Gasteiger charge is 2.21. The van der Waals surface area contributed by atoms with E-state index in [1.165, 1.54) is 0 Å². The Balaban J connectivity index is 1.71. The van der Waals surface area contributed by atoms with Gasteiger partial charge in [-0.15, -0.1) is 0 Å². The molecule has 0 amide bonds. The molecule has 0 radical (unpaired) electrons. The zero-order chi connectivity index (χ0) is 22.8. The summed E-state index contributed by atoms with van der Waals surface area (Å²) < 4.78 is 18.2. The van der Waals surface area contributed by atoms with E-state index in [0.29, 0.717) is 24.0 Å². The van der Waals surface area contributed by atoms with Crippen LogP contribution >= 0.6 is 0 Å². The number of aliphatic hydroxyl groups excluding tert-OH is 1. The van der Waals surface area contributed by atoms with Crippen molar-refractivity contribution in [2.75, 3.05) is 6.61 Å². The third kappa shape index (κ3) is 4.08. The monoisotopic (exact) mass is 435 g/mol. The van der Waals surface area contributed by atoms with Gasteiger partial charge in [0.15, 0.2) is 5.82 Å². The van der Waals surface area contributed by atoms with Gasteiger partial charge in [-0.25, -0.2) is 4.39 Å². The van der Waals surface area contributed by atoms with E-state index < -0.39 is 0 Å². The van der Waals surface area contributed by atoms with Gasteiger partial charge in [-0.3, -0.25) is 0 Å². The standard InChI is InChI=1S/C30H26FNO/c1-21-11-16-28-27(19-21)29(31)30(32(28)20-23-14-12-22(13-15-23)17-18-33)26-10-6-5-9-25(26)24-7-3-2-4-8-24/h2-16,19,33H,17-18,20H2,1H3. The van der Waals surface area contributed by atoms with Crippen LogP contribution in [-0.2, 0) is 13.0 Å². The first-order valence-corrected chi connectivity index (χ1v) is 11.3. The molecule has 0 bridgehead atoms. The molecule has 5 aromatic rings. The summed E-state index contributed by atoms with van der Waals surface area (Å²) in [6, 6.07) is 32.4. The van der Waals surface area contributed by atoms with E-state index in [-0.39, 0.29) is 12.4 Å². The van der Waals surface area contributed by atoms with Crippen molar-refractivity contribution < 1.29 is 9.50 Å². The van der Waals surface area contributed by atoms with Crippen LogP contribution in [0.2, 0.25) is 0 Å². The summed E-state index contributed by atoms with van der Waals surface area (Å²) in [4.78, 5) is 0. The molecular weight excluding hydrogens is 409 g/mol. The van der Waals surface area contributed by atoms with Gasteiger partial charge in [0.1, 0.15) is 0 Å². The van der Waals surface area contributed by atoms with Gasteiger partial charge >= 0.3 is 0 Å². The number of aromatic nitrogens is 1. The van der Waals surface area contributed by atoms with E-state index in [0.717, 1.165) is 38.9 Å². The van der Waals surface area contributed by atoms with Crippen molar-refractivity contribution in [3.05, 3.63) is 120 Å². The second-order valence-corrected chi connectivity index (χ2v) is 8.47. The van der Waals surface area contributed by atoms with E-state index in [9.17, 15) is 5.11 Å². The quantitative estimate of drug-likeness (QED) is 0.305. The Morgan fingerprint density at radius 3 is 2.15 bits per heavy atom. The smallest absolute Gasteiger partial charge is 0.156 e. The highest BCUT2D eigenvalue weighted by Crippen LogP contribution is 2.38. The van der Waals surface area contributed by atoms with Crippen LogP contribution in [0.1, 0.15) is 16.7 Å². The largest absolute Gasteiger partial charge is 0.396 e. The number of aliphatic hydroxyl groups is 1. The molecule has 33 heavy (non-hydrogen) atoms. The van der Waals surface area contributed by atoms with Gasteiger partial charge in [-0.1, -0.05) is 90.5 Å². The molecule has 0 aliphatic rings. The van der Waals surface area contributed by atoms with Gasteiger partial charge in [0, 0.05) is 24.1 Å². The molecule has 0 spiro atoms. The summed E-state index contributed by atoms with van der Waals surface area (Å²) in [5, 5.41) is 9.85. The summed E-state index contributed by atoms with van der Waals surface area (Å²) in [6.45, 7) is 2.68. The van der Waals surface area contributed by atoms with Gasteiger partial charge in [0.05, 0.1) is 11.2 Å². The Hall–Kier alpha value is -3.69. The molecule has 0 aliphatic heterocycles. The molecule has 2 nitrogen and oxygen atoms in total. The van der Waals surface area contributed by atoms with Crippen LogP contribution in [0.4, 0.5) is 4.39 Å². The van der Waals surface area contributed by atoms with E-state index in [2.05, 4.69) is 34.9 Å². The van der Waals surface area contributed by atoms with Crippen LogP contribution in [0.3, 0.4) is 0 Å². The highest BCUT2D eigenvalue weighted by atomic mass is 19.1. The van der Waals surface area contributed by atoms with Gasteiger partial charge in [-0.05, 0) is 47.7 Å². The molecule has 0 atom stereocenters. The fraction of sp³-hybridized carbons (Fsp3) is 0.133. The first kappa shape index (κ1) is 21.2. The minimum absolute atomic E-state index is 0.132. The fourth-order valence-corrected chi connectivity index (χ4v) is 4.54. The molecular formula is C30H26FNO. The second kappa shape index (κ2) is 9.05. The van der Waals surface area contributed by atoms with Crippen LogP contribution < -0.4 is 0 Å². The maximum atomic E-state index is 16.1. The Morgan fingerprint density at radius 2 is 1.42 bits per heavy atom. The lowest BCUT2D eigenvalue weighted by atomic mass is 9.97. The van der Waals surface area contributed by atoms with Crippen molar-refractivity contribution >= 4 is 10.9 Å². The van der Waals surface area contributed by atoms with E-state index >= 15 is 4.39 Å². The van der Waals surface area contributed by atoms with Crippen LogP contribution in [-0.4, -0.2) is 16.3 Å². The molecule has 0 saturated carbocycles. The van der Waals surface area contributed by atoms with Gasteiger partial charge in [0.2, 0.25) is 0 Å². The normalized spacial score (nSPS) is 11.2. The van der Waals surface area contributed by atoms with Crippen molar-refractivity contribution in [2.45, 2.75) is 19.9 Å². The fourth-order valence-electron chi connectivity index (χ4n) is 4.54. The van der Waals surface area contributed by atoms with Crippen molar-refractivity contribution in [3.8, 4) is 22.4 Å². The summed E-state index contributed by atoms with van der Waals surface area (Å²) in [5.74, 6) is -0.186. The summed E-state index contributed by atoms with van der Waals surface area (Å²) in [6.07, 6.45) is 0.635. The highest BCUT2D eigenvalue weighted by molar-refractivity contribution is 5.92. The lowest BCUT2D eigenvalue weighted by Gasteiger charge is -2.15. The molecule has 0 fully saturated rings. The summed E-state index contributed by atoms with van der Waals surface area (Å²) >= 11 is 0. The zero-order valence-corrected chi connectivity index (χ0v) is 18.6. The van der Waals surface area contributed by atoms with Crippen LogP contribution in [0.25, 0.3) is 33.3 Å². The predicted octanol–water partition coefficient (Wildman–Crippen LogP) is 7.01. The molecule has 5 rings (SSSR count). The first-order valence-electron chi connectivity index (χ1n) is 11.3.